The highest BCUT2D eigenvalue weighted by atomic mass is 28.3. The maximum absolute atomic E-state index is 15.6. The molecule has 1 fully saturated rings. The fourth-order valence-corrected chi connectivity index (χ4v) is 11.4. The summed E-state index contributed by atoms with van der Waals surface area (Å²) in [6.45, 7) is 22.2. The molecular formula is C65H108F3N15O21Si. The third kappa shape index (κ3) is 34.0. The number of rotatable bonds is 24. The smallest absolute Gasteiger partial charge is 0.475 e. The molecule has 15 atom stereocenters. The summed E-state index contributed by atoms with van der Waals surface area (Å²) in [5.41, 5.74) is 15.4. The highest BCUT2D eigenvalue weighted by Gasteiger charge is 2.45. The van der Waals surface area contributed by atoms with Gasteiger partial charge in [0.25, 0.3) is 0 Å². The number of guanidine groups is 1. The Balaban J connectivity index is 0.00000746. The largest absolute Gasteiger partial charge is 0.490 e. The van der Waals surface area contributed by atoms with Gasteiger partial charge in [-0.3, -0.25) is 57.7 Å². The van der Waals surface area contributed by atoms with E-state index >= 15 is 14.4 Å². The van der Waals surface area contributed by atoms with Crippen LogP contribution in [0.5, 0.6) is 0 Å². The molecule has 22 N–H and O–H groups in total. The van der Waals surface area contributed by atoms with Gasteiger partial charge in [-0.25, -0.2) is 14.4 Å². The van der Waals surface area contributed by atoms with Crippen LogP contribution in [0.3, 0.4) is 0 Å². The molecule has 0 aliphatic carbocycles. The Kier molecular flexibility index (Phi) is 38.6. The molecule has 1 heterocycles. The Morgan fingerprint density at radius 3 is 1.69 bits per heavy atom. The van der Waals surface area contributed by atoms with E-state index in [9.17, 15) is 81.5 Å². The molecule has 36 nitrogen and oxygen atoms in total. The summed E-state index contributed by atoms with van der Waals surface area (Å²) >= 11 is 0. The van der Waals surface area contributed by atoms with Crippen LogP contribution in [-0.4, -0.2) is 233 Å². The van der Waals surface area contributed by atoms with Gasteiger partial charge in [0.05, 0.1) is 25.4 Å². The molecule has 1 aliphatic heterocycles. The fraction of sp³-hybridized carbons (Fsp3) is 0.677. The molecule has 0 radical (unpaired) electrons. The van der Waals surface area contributed by atoms with E-state index in [-0.39, 0.29) is 56.2 Å². The first-order valence-electron chi connectivity index (χ1n) is 33.9. The van der Waals surface area contributed by atoms with Crippen molar-refractivity contribution in [1.29, 1.82) is 0 Å². The van der Waals surface area contributed by atoms with Crippen LogP contribution in [0, 0.1) is 23.7 Å². The van der Waals surface area contributed by atoms with Crippen LogP contribution in [0.15, 0.2) is 35.3 Å². The number of aliphatic hydroxyl groups excluding tert-OH is 4. The van der Waals surface area contributed by atoms with Crippen molar-refractivity contribution in [2.24, 2.45) is 45.9 Å². The van der Waals surface area contributed by atoms with Crippen LogP contribution >= 0.6 is 0 Å². The number of cyclic esters (lactones) is 1. The molecule has 2 unspecified atom stereocenters. The number of aliphatic imine (C=N–C) groups is 1. The number of carboxylic acids is 1. The summed E-state index contributed by atoms with van der Waals surface area (Å²) in [4.78, 5) is 198. The van der Waals surface area contributed by atoms with Gasteiger partial charge in [0.1, 0.15) is 60.0 Å². The number of nitrogens with zero attached hydrogens (tertiary/aromatic N) is 1. The van der Waals surface area contributed by atoms with Gasteiger partial charge >= 0.3 is 24.2 Å². The number of hydrogen-bond acceptors (Lipinski definition) is 21. The van der Waals surface area contributed by atoms with Crippen LogP contribution in [0.25, 0.3) is 0 Å². The van der Waals surface area contributed by atoms with E-state index in [1.807, 2.05) is 30.3 Å². The second-order valence-electron chi connectivity index (χ2n) is 28.6. The number of esters is 1. The Hall–Kier alpha value is -9.28. The van der Waals surface area contributed by atoms with Gasteiger partial charge < -0.3 is 111 Å². The van der Waals surface area contributed by atoms with Crippen LogP contribution < -0.4 is 75.7 Å². The number of carboxylic acid groups (broad SMARTS) is 1. The molecule has 0 aromatic heterocycles. The quantitative estimate of drug-likeness (QED) is 0.0162. The minimum atomic E-state index is -5.08. The summed E-state index contributed by atoms with van der Waals surface area (Å²) in [6, 6.07) is -11.2. The van der Waals surface area contributed by atoms with Crippen molar-refractivity contribution in [2.75, 3.05) is 19.7 Å². The molecule has 594 valence electrons. The van der Waals surface area contributed by atoms with Crippen LogP contribution in [0.4, 0.5) is 18.0 Å². The number of amides is 12. The molecule has 105 heavy (non-hydrogen) atoms. The van der Waals surface area contributed by atoms with Gasteiger partial charge in [0.15, 0.2) is 24.2 Å². The topological polar surface area (TPSA) is 581 Å². The second kappa shape index (κ2) is 43.2. The predicted octanol–water partition coefficient (Wildman–Crippen LogP) is -2.94. The van der Waals surface area contributed by atoms with Crippen LogP contribution in [0.1, 0.15) is 127 Å². The average molecular weight is 1520 g/mol. The monoisotopic (exact) mass is 1520 g/mol. The zero-order chi connectivity index (χ0) is 80.9. The van der Waals surface area contributed by atoms with E-state index < -0.39 is 225 Å². The molecule has 40 heteroatoms. The number of carbonyl (C=O) groups excluding carboxylic acids is 13. The number of nitrogens with two attached hydrogens (primary N) is 3. The number of primary amides is 1. The third-order valence-corrected chi connectivity index (χ3v) is 17.1. The first kappa shape index (κ1) is 93.7. The van der Waals surface area contributed by atoms with Crippen molar-refractivity contribution in [3.8, 4) is 0 Å². The summed E-state index contributed by atoms with van der Waals surface area (Å²) in [7, 11) is -2.25. The van der Waals surface area contributed by atoms with E-state index in [0.717, 1.165) is 6.92 Å². The highest BCUT2D eigenvalue weighted by Crippen LogP contribution is 2.25. The van der Waals surface area contributed by atoms with Gasteiger partial charge in [-0.05, 0) is 88.7 Å². The molecule has 0 spiro atoms. The Bertz CT molecular complexity index is 3170. The van der Waals surface area contributed by atoms with Crippen molar-refractivity contribution in [1.82, 2.24) is 58.5 Å². The van der Waals surface area contributed by atoms with Crippen LogP contribution in [0.2, 0.25) is 25.7 Å². The van der Waals surface area contributed by atoms with E-state index in [2.05, 4.69) is 52.8 Å². The molecule has 1 aromatic rings. The standard InChI is InChI=1S/C63H107N15O19Si.C2HF3O2/c1-16-33(8)42-56(90)76-43(34(9)80)55(89)68-27-41(81)74-45(48(83)50(64)84)58(92)72-39(28-79)60(94)96-49(35-21-18-17-19-22-35)46(78-53(87)38(26-31(4)5)70-54(88)40(29-98(13,14)15)73-62(95)97-63(10,11)12)59(93)77-44(47(82)32(6)7)57(91)71-37(25-30(2)3)52(86)69-36(51(85)75-42)23-20-24-67-61(65)66;3-2(4,5)1(6)7/h17-19,21-22,30-34,36-40,42-49,79-80,82-83H,16,20,23-29H2,1-15H3,(H2,64,84)(H,68,89)(H,69,86)(H,70,88)(H,71,91)(H,72,92)(H,73,95)(H,74,81)(H,75,85)(H,76,90)(H,77,93)(H,78,87)(H4,65,66,67);(H,6,7)/t33-,34-,36+,37-,38-,39-,40-,42?,43?,44-,45-,46-,47+,48-,49+;/m0./s1. The van der Waals surface area contributed by atoms with E-state index in [4.69, 9.17) is 36.6 Å². The van der Waals surface area contributed by atoms with Gasteiger partial charge in [-0.1, -0.05) is 112 Å². The molecule has 1 saturated heterocycles. The average Bonchev–Trinajstić information content (AvgIpc) is 0.814. The number of ether oxygens (including phenoxy) is 2. The SMILES string of the molecule is CC[C@H](C)C1NC(=O)[C@@H](CCCN=C(N)N)NC(=O)[C@H](CC(C)C)NC(=O)[C@H]([C@H](O)C(C)C)NC(=O)[C@@H](NC(=O)[C@H](CC(C)C)NC(=O)[C@H](C[Si](C)(C)C)NC(=O)OC(C)(C)C)[C@@H](c2ccccc2)OC(=O)[C@H](CO)NC(=O)[C@H]([C@H](O)C(N)=O)NC(=O)CNC(=O)C([C@H](C)O)NC1=O.O=C(O)C(F)(F)F. The van der Waals surface area contributed by atoms with Crippen molar-refractivity contribution < 1.29 is 115 Å². The van der Waals surface area contributed by atoms with Crippen molar-refractivity contribution in [2.45, 2.75) is 237 Å². The Labute approximate surface area is 607 Å². The minimum absolute atomic E-state index is 0.0315. The molecule has 12 amide bonds. The molecule has 1 aliphatic rings. The lowest BCUT2D eigenvalue weighted by atomic mass is 9.95. The number of nitrogens with one attached hydrogen (secondary N) is 11. The molecule has 2 rings (SSSR count). The van der Waals surface area contributed by atoms with Gasteiger partial charge in [-0.15, -0.1) is 0 Å². The summed E-state index contributed by atoms with van der Waals surface area (Å²) in [5.74, 6) is -20.4. The second-order valence-corrected chi connectivity index (χ2v) is 34.1. The first-order chi connectivity index (χ1) is 48.4. The number of alkyl halides is 3. The van der Waals surface area contributed by atoms with Gasteiger partial charge in [-0.2, -0.15) is 13.2 Å². The maximum Gasteiger partial charge on any atom is 0.490 e. The van der Waals surface area contributed by atoms with Crippen molar-refractivity contribution in [3.63, 3.8) is 0 Å². The predicted molar refractivity (Wildman–Crippen MR) is 374 cm³/mol. The molecule has 0 saturated carbocycles. The summed E-state index contributed by atoms with van der Waals surface area (Å²) < 4.78 is 43.2. The van der Waals surface area contributed by atoms with Gasteiger partial charge in [0.2, 0.25) is 65.0 Å². The van der Waals surface area contributed by atoms with Crippen LogP contribution in [-0.2, 0) is 71.8 Å². The maximum atomic E-state index is 15.6. The van der Waals surface area contributed by atoms with Crippen molar-refractivity contribution in [3.05, 3.63) is 35.9 Å². The summed E-state index contributed by atoms with van der Waals surface area (Å²) in [6.07, 6.45) is -14.6. The normalized spacial score (nSPS) is 23.0. The molecule has 0 bridgehead atoms. The lowest BCUT2D eigenvalue weighted by Crippen LogP contribution is -2.64. The first-order valence-corrected chi connectivity index (χ1v) is 37.6. The molecule has 1 aromatic carbocycles. The number of halogens is 3. The van der Waals surface area contributed by atoms with E-state index in [1.165, 1.54) is 44.2 Å². The number of aliphatic carboxylic acids is 1. The fourth-order valence-electron chi connectivity index (χ4n) is 9.90. The number of benzene rings is 1. The zero-order valence-corrected chi connectivity index (χ0v) is 62.7. The third-order valence-electron chi connectivity index (χ3n) is 15.5. The Morgan fingerprint density at radius 1 is 0.676 bits per heavy atom. The van der Waals surface area contributed by atoms with Gasteiger partial charge in [0, 0.05) is 14.6 Å². The molecular weight excluding hydrogens is 1410 g/mol. The van der Waals surface area contributed by atoms with E-state index in [1.54, 1.807) is 62.3 Å². The number of carbonyl (C=O) groups is 14. The number of hydrogen-bond donors (Lipinski definition) is 19. The zero-order valence-electron chi connectivity index (χ0n) is 61.7. The van der Waals surface area contributed by atoms with Crippen molar-refractivity contribution >= 4 is 97.0 Å². The lowest BCUT2D eigenvalue weighted by molar-refractivity contribution is -0.192. The number of alkyl carbamates (subject to hydrolysis) is 1. The Morgan fingerprint density at radius 2 is 1.20 bits per heavy atom. The minimum Gasteiger partial charge on any atom is -0.475 e. The number of aliphatic hydroxyl groups is 4. The lowest BCUT2D eigenvalue weighted by Gasteiger charge is -2.34. The summed E-state index contributed by atoms with van der Waals surface area (Å²) in [5, 5.41) is 78.2. The highest BCUT2D eigenvalue weighted by molar-refractivity contribution is 6.76. The van der Waals surface area contributed by atoms with E-state index in [0.29, 0.717) is 0 Å².